The van der Waals surface area contributed by atoms with Gasteiger partial charge in [0.1, 0.15) is 0 Å². The molecule has 16 heavy (non-hydrogen) atoms. The number of carboxylic acid groups (broad SMARTS) is 3. The molecule has 9 nitrogen and oxygen atoms in total. The van der Waals surface area contributed by atoms with Crippen LogP contribution in [0.4, 0.5) is 0 Å². The zero-order valence-corrected chi connectivity index (χ0v) is 11.4. The molecule has 0 heterocycles. The average Bonchev–Trinajstić information content (AvgIpc) is 1.81. The van der Waals surface area contributed by atoms with Gasteiger partial charge in [-0.3, -0.25) is 14.4 Å². The molecule has 0 aromatic carbocycles. The van der Waals surface area contributed by atoms with Crippen molar-refractivity contribution in [2.24, 2.45) is 5.34 Å². The minimum Gasteiger partial charge on any atom is -0.481 e. The van der Waals surface area contributed by atoms with Gasteiger partial charge in [-0.2, -0.15) is 0 Å². The van der Waals surface area contributed by atoms with E-state index in [9.17, 15) is 0 Å². The standard InChI is InChI=1S/3C2H4O2.HNO2.Na/c3*1-2(3)4;2-1-3;/h3*1H3,(H,3,4);(H,2,3);/q;;;;+1. The van der Waals surface area contributed by atoms with Crippen molar-refractivity contribution in [3.05, 3.63) is 4.91 Å². The largest absolute Gasteiger partial charge is 1.00 e. The minimum atomic E-state index is -0.833. The van der Waals surface area contributed by atoms with Crippen LogP contribution in [0.3, 0.4) is 0 Å². The normalized spacial score (nSPS) is 5.44. The summed E-state index contributed by atoms with van der Waals surface area (Å²) in [5, 5.41) is 30.1. The summed E-state index contributed by atoms with van der Waals surface area (Å²) in [6, 6.07) is 0. The number of aliphatic carboxylic acids is 3. The van der Waals surface area contributed by atoms with Crippen molar-refractivity contribution in [2.45, 2.75) is 20.8 Å². The third-order valence-corrected chi connectivity index (χ3v) is 0. The van der Waals surface area contributed by atoms with Crippen molar-refractivity contribution in [2.75, 3.05) is 0 Å². The summed E-state index contributed by atoms with van der Waals surface area (Å²) in [5.41, 5.74) is 0. The van der Waals surface area contributed by atoms with E-state index in [0.717, 1.165) is 20.8 Å². The summed E-state index contributed by atoms with van der Waals surface area (Å²) in [5.74, 6) is -2.50. The molecule has 10 heteroatoms. The molecule has 0 fully saturated rings. The monoisotopic (exact) mass is 250 g/mol. The summed E-state index contributed by atoms with van der Waals surface area (Å²) in [6.45, 7) is 3.25. The zero-order valence-electron chi connectivity index (χ0n) is 9.37. The van der Waals surface area contributed by atoms with Crippen molar-refractivity contribution in [3.63, 3.8) is 0 Å². The number of carboxylic acids is 3. The van der Waals surface area contributed by atoms with Gasteiger partial charge in [-0.15, -0.1) is 4.91 Å². The van der Waals surface area contributed by atoms with Crippen LogP contribution < -0.4 is 29.6 Å². The van der Waals surface area contributed by atoms with Crippen LogP contribution in [0, 0.1) is 4.91 Å². The Morgan fingerprint density at radius 1 is 0.812 bits per heavy atom. The van der Waals surface area contributed by atoms with Crippen LogP contribution in [0.15, 0.2) is 5.34 Å². The molecule has 0 radical (unpaired) electrons. The molecule has 0 aliphatic rings. The molecule has 0 aromatic heterocycles. The first kappa shape index (κ1) is 29.3. The summed E-state index contributed by atoms with van der Waals surface area (Å²) in [6.07, 6.45) is 0. The molecular weight excluding hydrogens is 237 g/mol. The van der Waals surface area contributed by atoms with E-state index in [1.807, 2.05) is 0 Å². The van der Waals surface area contributed by atoms with E-state index in [-0.39, 0.29) is 29.6 Å². The second-order valence-electron chi connectivity index (χ2n) is 1.64. The molecule has 0 amide bonds. The Morgan fingerprint density at radius 2 is 0.812 bits per heavy atom. The van der Waals surface area contributed by atoms with Gasteiger partial charge in [0.25, 0.3) is 17.9 Å². The first-order valence-corrected chi connectivity index (χ1v) is 3.17. The first-order chi connectivity index (χ1) is 6.61. The van der Waals surface area contributed by atoms with Crippen LogP contribution in [-0.4, -0.2) is 38.4 Å². The second kappa shape index (κ2) is 29.2. The number of nitrogens with zero attached hydrogens (tertiary/aromatic N) is 1. The van der Waals surface area contributed by atoms with E-state index in [4.69, 9.17) is 39.8 Å². The Kier molecular flexibility index (Phi) is 53.6. The van der Waals surface area contributed by atoms with Gasteiger partial charge in [-0.25, -0.2) is 0 Å². The third-order valence-electron chi connectivity index (χ3n) is 0. The second-order valence-corrected chi connectivity index (χ2v) is 1.64. The molecule has 90 valence electrons. The maximum atomic E-state index is 9.00. The number of rotatable bonds is 0. The van der Waals surface area contributed by atoms with Gasteiger partial charge in [0.15, 0.2) is 5.34 Å². The van der Waals surface area contributed by atoms with E-state index < -0.39 is 17.9 Å². The third kappa shape index (κ3) is 1260. The predicted octanol–water partition coefficient (Wildman–Crippen LogP) is -2.58. The van der Waals surface area contributed by atoms with Gasteiger partial charge < -0.3 is 20.5 Å². The quantitative estimate of drug-likeness (QED) is 0.207. The number of hydrogen-bond acceptors (Lipinski definition) is 5. The molecular formula is C6H13NNaO8+. The molecule has 0 spiro atoms. The fourth-order valence-corrected chi connectivity index (χ4v) is 0. The van der Waals surface area contributed by atoms with Crippen LogP contribution in [0.1, 0.15) is 20.8 Å². The van der Waals surface area contributed by atoms with Gasteiger partial charge in [0.05, 0.1) is 0 Å². The molecule has 0 saturated carbocycles. The van der Waals surface area contributed by atoms with Crippen LogP contribution in [0.25, 0.3) is 0 Å². The Labute approximate surface area is 113 Å². The van der Waals surface area contributed by atoms with Crippen molar-refractivity contribution >= 4 is 17.9 Å². The molecule has 4 N–H and O–H groups in total. The van der Waals surface area contributed by atoms with Crippen LogP contribution in [0.5, 0.6) is 0 Å². The van der Waals surface area contributed by atoms with Gasteiger partial charge in [0.2, 0.25) is 0 Å². The average molecular weight is 250 g/mol. The zero-order chi connectivity index (χ0) is 13.4. The molecule has 0 bridgehead atoms. The van der Waals surface area contributed by atoms with Crippen LogP contribution in [0.2, 0.25) is 0 Å². The van der Waals surface area contributed by atoms with E-state index in [1.54, 1.807) is 0 Å². The van der Waals surface area contributed by atoms with Crippen molar-refractivity contribution in [1.82, 2.24) is 0 Å². The van der Waals surface area contributed by atoms with E-state index in [2.05, 4.69) is 0 Å². The van der Waals surface area contributed by atoms with Crippen LogP contribution in [-0.2, 0) is 14.4 Å². The summed E-state index contributed by atoms with van der Waals surface area (Å²) >= 11 is 0. The number of hydrogen-bond donors (Lipinski definition) is 4. The van der Waals surface area contributed by atoms with Crippen molar-refractivity contribution in [3.8, 4) is 0 Å². The molecule has 0 aromatic rings. The van der Waals surface area contributed by atoms with E-state index >= 15 is 0 Å². The maximum Gasteiger partial charge on any atom is 1.00 e. The Morgan fingerprint density at radius 3 is 0.812 bits per heavy atom. The molecule has 0 aliphatic carbocycles. The fraction of sp³-hybridized carbons (Fsp3) is 0.500. The van der Waals surface area contributed by atoms with Crippen molar-refractivity contribution < 1.29 is 64.5 Å². The summed E-state index contributed by atoms with van der Waals surface area (Å²) in [7, 11) is 0. The van der Waals surface area contributed by atoms with Gasteiger partial charge in [-0.1, -0.05) is 0 Å². The molecule has 0 rings (SSSR count). The van der Waals surface area contributed by atoms with Crippen LogP contribution >= 0.6 is 0 Å². The topological polar surface area (TPSA) is 162 Å². The molecule has 0 unspecified atom stereocenters. The summed E-state index contributed by atoms with van der Waals surface area (Å²) in [4.78, 5) is 35.1. The number of carbonyl (C=O) groups is 3. The predicted molar refractivity (Wildman–Crippen MR) is 47.5 cm³/mol. The first-order valence-electron chi connectivity index (χ1n) is 3.17. The Balaban J connectivity index is -0.0000000331. The Bertz CT molecular complexity index is 154. The molecule has 0 saturated heterocycles. The van der Waals surface area contributed by atoms with Crippen molar-refractivity contribution in [1.29, 1.82) is 0 Å². The van der Waals surface area contributed by atoms with E-state index in [0.29, 0.717) is 0 Å². The SMILES string of the molecule is CC(=O)O.CC(=O)O.CC(=O)O.O=NO.[Na+]. The molecule has 0 atom stereocenters. The fourth-order valence-electron chi connectivity index (χ4n) is 0. The van der Waals surface area contributed by atoms with Gasteiger partial charge in [-0.05, 0) is 0 Å². The maximum absolute atomic E-state index is 9.00. The Hall–Kier alpha value is -1.19. The summed E-state index contributed by atoms with van der Waals surface area (Å²) < 4.78 is 0. The van der Waals surface area contributed by atoms with E-state index in [1.165, 1.54) is 5.34 Å². The smallest absolute Gasteiger partial charge is 0.481 e. The minimum absolute atomic E-state index is 0. The molecule has 0 aliphatic heterocycles. The van der Waals surface area contributed by atoms with Gasteiger partial charge in [0, 0.05) is 20.8 Å². The van der Waals surface area contributed by atoms with Gasteiger partial charge >= 0.3 is 29.6 Å².